The van der Waals surface area contributed by atoms with Gasteiger partial charge in [0.1, 0.15) is 11.6 Å². The number of aryl methyl sites for hydroxylation is 1. The van der Waals surface area contributed by atoms with E-state index in [1.54, 1.807) is 18.2 Å². The van der Waals surface area contributed by atoms with Gasteiger partial charge in [-0.1, -0.05) is 18.2 Å². The van der Waals surface area contributed by atoms with E-state index < -0.39 is 27.8 Å². The van der Waals surface area contributed by atoms with Gasteiger partial charge < -0.3 is 21.1 Å². The number of primary amides is 1. The van der Waals surface area contributed by atoms with Crippen LogP contribution < -0.4 is 25.8 Å². The lowest BCUT2D eigenvalue weighted by Gasteiger charge is -2.32. The molecule has 2 heterocycles. The van der Waals surface area contributed by atoms with Crippen molar-refractivity contribution in [3.63, 3.8) is 0 Å². The van der Waals surface area contributed by atoms with Crippen molar-refractivity contribution in [2.75, 3.05) is 34.7 Å². The van der Waals surface area contributed by atoms with Crippen LogP contribution in [0.5, 0.6) is 11.6 Å². The van der Waals surface area contributed by atoms with Gasteiger partial charge >= 0.3 is 6.03 Å². The van der Waals surface area contributed by atoms with Crippen molar-refractivity contribution in [3.05, 3.63) is 107 Å². The van der Waals surface area contributed by atoms with Crippen molar-refractivity contribution < 1.29 is 27.1 Å². The van der Waals surface area contributed by atoms with Crippen molar-refractivity contribution in [1.29, 1.82) is 0 Å². The third-order valence-corrected chi connectivity index (χ3v) is 8.22. The first-order chi connectivity index (χ1) is 21.9. The minimum atomic E-state index is -3.36. The summed E-state index contributed by atoms with van der Waals surface area (Å²) in [5.74, 6) is -0.207. The molecular weight excluding hydrogens is 611 g/mol. The summed E-state index contributed by atoms with van der Waals surface area (Å²) in [6.07, 6.45) is 4.91. The fraction of sp³-hybridized carbons (Fsp3) is 0.242. The van der Waals surface area contributed by atoms with Gasteiger partial charge in [-0.25, -0.2) is 22.6 Å². The summed E-state index contributed by atoms with van der Waals surface area (Å²) in [5.41, 5.74) is 9.26. The molecule has 5 rings (SSSR count). The molecule has 3 amide bonds. The topological polar surface area (TPSA) is 156 Å². The predicted molar refractivity (Wildman–Crippen MR) is 175 cm³/mol. The number of halogens is 1. The normalized spacial score (nSPS) is 14.0. The van der Waals surface area contributed by atoms with Crippen molar-refractivity contribution in [1.82, 2.24) is 9.88 Å². The van der Waals surface area contributed by atoms with Crippen molar-refractivity contribution in [2.45, 2.75) is 32.2 Å². The van der Waals surface area contributed by atoms with E-state index in [0.29, 0.717) is 28.9 Å². The molecular formula is C33H35FN6O5S. The number of hydrogen-bond acceptors (Lipinski definition) is 7. The zero-order valence-electron chi connectivity index (χ0n) is 25.4. The quantitative estimate of drug-likeness (QED) is 0.169. The van der Waals surface area contributed by atoms with Gasteiger partial charge in [-0.05, 0) is 104 Å². The van der Waals surface area contributed by atoms with E-state index in [2.05, 4.69) is 25.2 Å². The SMILES string of the molecule is Cc1cc(NS(C)(=O)=O)ccc1Oc1ccc(CN2CCC(c3ccc(NC(=O)Nc4ccc(F)c(C(N)=O)c4)cc3)CC2)cn1. The highest BCUT2D eigenvalue weighted by molar-refractivity contribution is 7.92. The molecule has 0 atom stereocenters. The molecule has 1 aromatic heterocycles. The van der Waals surface area contributed by atoms with Gasteiger partial charge in [-0.2, -0.15) is 0 Å². The number of sulfonamides is 1. The van der Waals surface area contributed by atoms with Gasteiger partial charge in [0, 0.05) is 35.9 Å². The average molecular weight is 647 g/mol. The van der Waals surface area contributed by atoms with Crippen molar-refractivity contribution in [2.24, 2.45) is 5.73 Å². The molecule has 4 aromatic rings. The Kier molecular flexibility index (Phi) is 9.83. The Morgan fingerprint density at radius 1 is 0.957 bits per heavy atom. The van der Waals surface area contributed by atoms with Crippen LogP contribution in [-0.4, -0.2) is 49.6 Å². The monoisotopic (exact) mass is 646 g/mol. The number of carbonyl (C=O) groups excluding carboxylic acids is 2. The maximum atomic E-state index is 13.7. The average Bonchev–Trinajstić information content (AvgIpc) is 3.00. The minimum absolute atomic E-state index is 0.250. The molecule has 1 aliphatic rings. The first kappa shape index (κ1) is 32.4. The van der Waals surface area contributed by atoms with Gasteiger partial charge in [0.15, 0.2) is 0 Å². The first-order valence-corrected chi connectivity index (χ1v) is 16.5. The second kappa shape index (κ2) is 14.0. The number of nitrogens with two attached hydrogens (primary N) is 1. The van der Waals surface area contributed by atoms with E-state index in [9.17, 15) is 22.4 Å². The van der Waals surface area contributed by atoms with E-state index in [4.69, 9.17) is 10.5 Å². The summed E-state index contributed by atoms with van der Waals surface area (Å²) in [6, 6.07) is 19.7. The maximum absolute atomic E-state index is 13.7. The molecule has 13 heteroatoms. The summed E-state index contributed by atoms with van der Waals surface area (Å²) in [4.78, 5) is 30.6. The molecule has 0 saturated carbocycles. The zero-order chi connectivity index (χ0) is 32.8. The van der Waals surface area contributed by atoms with Crippen LogP contribution >= 0.6 is 0 Å². The summed E-state index contributed by atoms with van der Waals surface area (Å²) in [6.45, 7) is 4.48. The second-order valence-corrected chi connectivity index (χ2v) is 13.0. The third kappa shape index (κ3) is 8.79. The lowest BCUT2D eigenvalue weighted by Crippen LogP contribution is -2.32. The molecule has 11 nitrogen and oxygen atoms in total. The van der Waals surface area contributed by atoms with E-state index in [1.807, 2.05) is 49.5 Å². The molecule has 0 unspecified atom stereocenters. The lowest BCUT2D eigenvalue weighted by molar-refractivity contribution is 0.0996. The van der Waals surface area contributed by atoms with Crippen LogP contribution in [0.4, 0.5) is 26.2 Å². The Morgan fingerprint density at radius 2 is 1.63 bits per heavy atom. The van der Waals surface area contributed by atoms with Gasteiger partial charge in [0.05, 0.1) is 11.8 Å². The molecule has 240 valence electrons. The molecule has 0 aliphatic carbocycles. The molecule has 1 fully saturated rings. The smallest absolute Gasteiger partial charge is 0.323 e. The molecule has 46 heavy (non-hydrogen) atoms. The zero-order valence-corrected chi connectivity index (χ0v) is 26.2. The molecule has 0 spiro atoms. The molecule has 1 aliphatic heterocycles. The standard InChI is InChI=1S/C33H35FN6O5S/c1-21-17-27(39-46(2,43)44)9-11-30(21)45-31-12-3-22(19-36-31)20-40-15-13-24(14-16-40)23-4-6-25(7-5-23)37-33(42)38-26-8-10-29(34)28(18-26)32(35)41/h3-12,17-19,24,39H,13-16,20H2,1-2H3,(H2,35,41)(H2,37,38,42). The number of amides is 3. The number of benzene rings is 3. The second-order valence-electron chi connectivity index (χ2n) is 11.3. The number of pyridine rings is 1. The third-order valence-electron chi connectivity index (χ3n) is 7.61. The van der Waals surface area contributed by atoms with Crippen LogP contribution in [0.15, 0.2) is 79.0 Å². The number of anilines is 3. The number of urea groups is 1. The van der Waals surface area contributed by atoms with Crippen LogP contribution in [0.1, 0.15) is 45.8 Å². The number of rotatable bonds is 10. The van der Waals surface area contributed by atoms with Crippen LogP contribution in [0.2, 0.25) is 0 Å². The highest BCUT2D eigenvalue weighted by Gasteiger charge is 2.21. The fourth-order valence-electron chi connectivity index (χ4n) is 5.33. The minimum Gasteiger partial charge on any atom is -0.439 e. The number of piperidine rings is 1. The maximum Gasteiger partial charge on any atom is 0.323 e. The van der Waals surface area contributed by atoms with Crippen molar-refractivity contribution >= 4 is 39.0 Å². The predicted octanol–water partition coefficient (Wildman–Crippen LogP) is 5.82. The Balaban J connectivity index is 1.08. The van der Waals surface area contributed by atoms with Gasteiger partial charge in [-0.15, -0.1) is 0 Å². The highest BCUT2D eigenvalue weighted by Crippen LogP contribution is 2.30. The Morgan fingerprint density at radius 3 is 2.26 bits per heavy atom. The summed E-state index contributed by atoms with van der Waals surface area (Å²) in [7, 11) is -3.36. The van der Waals surface area contributed by atoms with Crippen LogP contribution in [0.25, 0.3) is 0 Å². The van der Waals surface area contributed by atoms with Crippen molar-refractivity contribution in [3.8, 4) is 11.6 Å². The Hall–Kier alpha value is -5.01. The number of ether oxygens (including phenoxy) is 1. The Labute approximate surface area is 267 Å². The largest absolute Gasteiger partial charge is 0.439 e. The number of nitrogens with one attached hydrogen (secondary N) is 3. The molecule has 3 aromatic carbocycles. The van der Waals surface area contributed by atoms with Crippen LogP contribution in [-0.2, 0) is 16.6 Å². The van der Waals surface area contributed by atoms with Crippen LogP contribution in [0.3, 0.4) is 0 Å². The summed E-state index contributed by atoms with van der Waals surface area (Å²) >= 11 is 0. The fourth-order valence-corrected chi connectivity index (χ4v) is 5.88. The van der Waals surface area contributed by atoms with Gasteiger partial charge in [0.2, 0.25) is 15.9 Å². The van der Waals surface area contributed by atoms with E-state index in [1.165, 1.54) is 17.7 Å². The van der Waals surface area contributed by atoms with E-state index in [-0.39, 0.29) is 11.3 Å². The summed E-state index contributed by atoms with van der Waals surface area (Å²) in [5, 5.41) is 5.32. The van der Waals surface area contributed by atoms with Gasteiger partial charge in [-0.3, -0.25) is 14.4 Å². The van der Waals surface area contributed by atoms with E-state index in [0.717, 1.165) is 55.9 Å². The number of likely N-dealkylation sites (tertiary alicyclic amines) is 1. The number of aromatic nitrogens is 1. The first-order valence-electron chi connectivity index (χ1n) is 14.6. The number of nitrogens with zero attached hydrogens (tertiary/aromatic N) is 2. The lowest BCUT2D eigenvalue weighted by atomic mass is 9.89. The highest BCUT2D eigenvalue weighted by atomic mass is 32.2. The molecule has 1 saturated heterocycles. The van der Waals surface area contributed by atoms with Crippen LogP contribution in [0, 0.1) is 12.7 Å². The van der Waals surface area contributed by atoms with E-state index >= 15 is 0 Å². The Bertz CT molecular complexity index is 1830. The van der Waals surface area contributed by atoms with Gasteiger partial charge in [0.25, 0.3) is 5.91 Å². The molecule has 5 N–H and O–H groups in total. The molecule has 0 bridgehead atoms. The number of hydrogen-bond donors (Lipinski definition) is 4. The molecule has 0 radical (unpaired) electrons. The summed E-state index contributed by atoms with van der Waals surface area (Å²) < 4.78 is 45.0. The number of carbonyl (C=O) groups is 2.